The van der Waals surface area contributed by atoms with E-state index in [1.807, 2.05) is 0 Å². The van der Waals surface area contributed by atoms with Crippen LogP contribution in [0.1, 0.15) is 18.1 Å². The monoisotopic (exact) mass is 315 g/mol. The molecule has 1 aromatic rings. The van der Waals surface area contributed by atoms with Crippen molar-refractivity contribution in [1.82, 2.24) is 4.72 Å². The third-order valence-corrected chi connectivity index (χ3v) is 4.55. The molecule has 0 aliphatic rings. The first-order valence-electron chi connectivity index (χ1n) is 6.50. The maximum Gasteiger partial charge on any atom is 0.241 e. The molecule has 0 saturated heterocycles. The number of aryl methyl sites for hydroxylation is 2. The number of rotatable bonds is 8. The van der Waals surface area contributed by atoms with E-state index in [4.69, 9.17) is 9.47 Å². The summed E-state index contributed by atoms with van der Waals surface area (Å²) in [7, 11) is -2.08. The number of Topliss-reactive ketones (excluding diaryl/α,β-unsaturated/α-hetero) is 1. The Bertz CT molecular complexity index is 587. The first-order chi connectivity index (χ1) is 9.77. The fourth-order valence-corrected chi connectivity index (χ4v) is 3.45. The van der Waals surface area contributed by atoms with Gasteiger partial charge < -0.3 is 9.47 Å². The molecule has 0 aliphatic heterocycles. The van der Waals surface area contributed by atoms with Gasteiger partial charge in [0.05, 0.1) is 18.6 Å². The van der Waals surface area contributed by atoms with Crippen molar-refractivity contribution in [3.8, 4) is 5.75 Å². The molecule has 0 amide bonds. The number of benzene rings is 1. The highest BCUT2D eigenvalue weighted by Crippen LogP contribution is 2.25. The number of carbonyl (C=O) groups is 1. The predicted molar refractivity (Wildman–Crippen MR) is 79.2 cm³/mol. The molecule has 7 heteroatoms. The number of carbonyl (C=O) groups excluding carboxylic acids is 1. The molecule has 21 heavy (non-hydrogen) atoms. The summed E-state index contributed by atoms with van der Waals surface area (Å²) in [5.74, 6) is 0.522. The molecule has 0 bridgehead atoms. The third-order valence-electron chi connectivity index (χ3n) is 2.78. The van der Waals surface area contributed by atoms with Gasteiger partial charge in [-0.3, -0.25) is 4.79 Å². The van der Waals surface area contributed by atoms with E-state index < -0.39 is 10.0 Å². The molecule has 0 aromatic heterocycles. The van der Waals surface area contributed by atoms with Gasteiger partial charge in [0, 0.05) is 6.54 Å². The van der Waals surface area contributed by atoms with Gasteiger partial charge in [-0.2, -0.15) is 0 Å². The lowest BCUT2D eigenvalue weighted by molar-refractivity contribution is -0.121. The van der Waals surface area contributed by atoms with Gasteiger partial charge in [-0.25, -0.2) is 13.1 Å². The van der Waals surface area contributed by atoms with E-state index in [0.717, 1.165) is 0 Å². The maximum atomic E-state index is 12.3. The molecule has 0 aliphatic carbocycles. The number of ketones is 1. The van der Waals surface area contributed by atoms with Gasteiger partial charge >= 0.3 is 0 Å². The van der Waals surface area contributed by atoms with E-state index in [0.29, 0.717) is 16.9 Å². The van der Waals surface area contributed by atoms with E-state index >= 15 is 0 Å². The van der Waals surface area contributed by atoms with Crippen molar-refractivity contribution in [2.24, 2.45) is 0 Å². The minimum Gasteiger partial charge on any atom is -0.497 e. The van der Waals surface area contributed by atoms with Crippen LogP contribution in [0.15, 0.2) is 17.0 Å². The summed E-state index contributed by atoms with van der Waals surface area (Å²) in [6, 6.07) is 3.35. The zero-order chi connectivity index (χ0) is 16.0. The highest BCUT2D eigenvalue weighted by molar-refractivity contribution is 7.89. The fraction of sp³-hybridized carbons (Fsp3) is 0.500. The van der Waals surface area contributed by atoms with Crippen LogP contribution in [0, 0.1) is 13.8 Å². The molecular weight excluding hydrogens is 294 g/mol. The lowest BCUT2D eigenvalue weighted by Crippen LogP contribution is -2.29. The van der Waals surface area contributed by atoms with Crippen molar-refractivity contribution >= 4 is 15.8 Å². The summed E-state index contributed by atoms with van der Waals surface area (Å²) in [4.78, 5) is 10.9. The molecule has 0 heterocycles. The Morgan fingerprint density at radius 2 is 1.81 bits per heavy atom. The van der Waals surface area contributed by atoms with Crippen molar-refractivity contribution in [2.45, 2.75) is 25.7 Å². The Balaban J connectivity index is 2.77. The summed E-state index contributed by atoms with van der Waals surface area (Å²) in [6.07, 6.45) is 0. The quantitative estimate of drug-likeness (QED) is 0.729. The lowest BCUT2D eigenvalue weighted by Gasteiger charge is -2.13. The van der Waals surface area contributed by atoms with Crippen LogP contribution in [0.4, 0.5) is 0 Å². The minimum absolute atomic E-state index is 0.0116. The molecule has 0 atom stereocenters. The van der Waals surface area contributed by atoms with Gasteiger partial charge in [-0.05, 0) is 44.0 Å². The summed E-state index contributed by atoms with van der Waals surface area (Å²) in [5.41, 5.74) is 1.23. The number of methoxy groups -OCH3 is 1. The van der Waals surface area contributed by atoms with Crippen molar-refractivity contribution in [3.05, 3.63) is 23.3 Å². The Morgan fingerprint density at radius 3 is 2.29 bits per heavy atom. The van der Waals surface area contributed by atoms with E-state index in [2.05, 4.69) is 4.72 Å². The second-order valence-corrected chi connectivity index (χ2v) is 6.45. The van der Waals surface area contributed by atoms with Crippen molar-refractivity contribution in [2.75, 3.05) is 26.9 Å². The summed E-state index contributed by atoms with van der Waals surface area (Å²) >= 11 is 0. The highest BCUT2D eigenvalue weighted by Gasteiger charge is 2.19. The fourth-order valence-electron chi connectivity index (χ4n) is 1.99. The smallest absolute Gasteiger partial charge is 0.241 e. The maximum absolute atomic E-state index is 12.3. The Morgan fingerprint density at radius 1 is 1.24 bits per heavy atom. The number of sulfonamides is 1. The van der Waals surface area contributed by atoms with Crippen LogP contribution in [0.3, 0.4) is 0 Å². The van der Waals surface area contributed by atoms with Gasteiger partial charge in [0.25, 0.3) is 0 Å². The van der Waals surface area contributed by atoms with Gasteiger partial charge in [0.2, 0.25) is 10.0 Å². The normalized spacial score (nSPS) is 11.4. The van der Waals surface area contributed by atoms with Gasteiger partial charge in [0.1, 0.15) is 12.4 Å². The lowest BCUT2D eigenvalue weighted by atomic mass is 10.1. The molecule has 118 valence electrons. The molecule has 1 rings (SSSR count). The molecule has 0 unspecified atom stereocenters. The highest BCUT2D eigenvalue weighted by atomic mass is 32.2. The summed E-state index contributed by atoms with van der Waals surface area (Å²) in [5, 5.41) is 0. The summed E-state index contributed by atoms with van der Waals surface area (Å²) in [6.45, 7) is 5.09. The van der Waals surface area contributed by atoms with Crippen LogP contribution in [0.25, 0.3) is 0 Å². The third kappa shape index (κ3) is 5.11. The molecule has 0 saturated carbocycles. The Hall–Kier alpha value is -1.44. The molecule has 1 N–H and O–H groups in total. The molecular formula is C14H21NO5S. The van der Waals surface area contributed by atoms with Crippen molar-refractivity contribution < 1.29 is 22.7 Å². The van der Waals surface area contributed by atoms with E-state index in [1.54, 1.807) is 26.0 Å². The van der Waals surface area contributed by atoms with Crippen LogP contribution < -0.4 is 9.46 Å². The van der Waals surface area contributed by atoms with Crippen LogP contribution in [-0.2, 0) is 19.6 Å². The molecule has 0 fully saturated rings. The van der Waals surface area contributed by atoms with Crippen LogP contribution >= 0.6 is 0 Å². The summed E-state index contributed by atoms with van der Waals surface area (Å²) < 4.78 is 37.2. The topological polar surface area (TPSA) is 81.7 Å². The first-order valence-corrected chi connectivity index (χ1v) is 7.98. The minimum atomic E-state index is -3.62. The SMILES string of the molecule is COc1cc(C)c(S(=O)(=O)NCCOCC(C)=O)c(C)c1. The average molecular weight is 315 g/mol. The predicted octanol–water partition coefficient (Wildman–Crippen LogP) is 1.20. The molecule has 6 nitrogen and oxygen atoms in total. The van der Waals surface area contributed by atoms with Gasteiger partial charge in [0.15, 0.2) is 5.78 Å². The number of ether oxygens (including phenoxy) is 2. The van der Waals surface area contributed by atoms with Crippen LogP contribution in [0.2, 0.25) is 0 Å². The number of hydrogen-bond donors (Lipinski definition) is 1. The molecule has 0 radical (unpaired) electrons. The zero-order valence-electron chi connectivity index (χ0n) is 12.7. The number of nitrogens with one attached hydrogen (secondary N) is 1. The second-order valence-electron chi connectivity index (χ2n) is 4.74. The second kappa shape index (κ2) is 7.53. The van der Waals surface area contributed by atoms with E-state index in [9.17, 15) is 13.2 Å². The zero-order valence-corrected chi connectivity index (χ0v) is 13.5. The van der Waals surface area contributed by atoms with Crippen LogP contribution in [-0.4, -0.2) is 41.1 Å². The van der Waals surface area contributed by atoms with Gasteiger partial charge in [-0.1, -0.05) is 0 Å². The van der Waals surface area contributed by atoms with Crippen molar-refractivity contribution in [3.63, 3.8) is 0 Å². The first kappa shape index (κ1) is 17.6. The van der Waals surface area contributed by atoms with E-state index in [1.165, 1.54) is 14.0 Å². The molecule has 1 aromatic carbocycles. The average Bonchev–Trinajstić information content (AvgIpc) is 2.36. The Labute approximate surface area is 125 Å². The van der Waals surface area contributed by atoms with Crippen molar-refractivity contribution in [1.29, 1.82) is 0 Å². The van der Waals surface area contributed by atoms with Gasteiger partial charge in [-0.15, -0.1) is 0 Å². The largest absolute Gasteiger partial charge is 0.497 e. The molecule has 0 spiro atoms. The number of hydrogen-bond acceptors (Lipinski definition) is 5. The Kier molecular flexibility index (Phi) is 6.32. The standard InChI is InChI=1S/C14H21NO5S/c1-10-7-13(19-4)8-11(2)14(10)21(17,18)15-5-6-20-9-12(3)16/h7-8,15H,5-6,9H2,1-4H3. The van der Waals surface area contributed by atoms with E-state index in [-0.39, 0.29) is 30.4 Å². The van der Waals surface area contributed by atoms with Crippen LogP contribution in [0.5, 0.6) is 5.75 Å².